The van der Waals surface area contributed by atoms with Crippen LogP contribution in [0.25, 0.3) is 0 Å². The Kier molecular flexibility index (Phi) is 4.55. The third kappa shape index (κ3) is 3.33. The van der Waals surface area contributed by atoms with Gasteiger partial charge in [0.2, 0.25) is 5.91 Å². The number of nitrogens with zero attached hydrogens (tertiary/aromatic N) is 4. The van der Waals surface area contributed by atoms with E-state index in [1.54, 1.807) is 0 Å². The molecule has 0 aromatic carbocycles. The average Bonchev–Trinajstić information content (AvgIpc) is 2.95. The molecule has 1 atom stereocenters. The fraction of sp³-hybridized carbons (Fsp3) is 0.556. The minimum atomic E-state index is 0.171. The van der Waals surface area contributed by atoms with Gasteiger partial charge in [-0.2, -0.15) is 5.10 Å². The molecule has 0 spiro atoms. The maximum absolute atomic E-state index is 13.0. The molecule has 1 aliphatic heterocycles. The summed E-state index contributed by atoms with van der Waals surface area (Å²) in [6, 6.07) is 6.40. The lowest BCUT2D eigenvalue weighted by Gasteiger charge is -2.30. The maximum atomic E-state index is 13.0. The van der Waals surface area contributed by atoms with Gasteiger partial charge < -0.3 is 9.47 Å². The van der Waals surface area contributed by atoms with Crippen molar-refractivity contribution in [3.63, 3.8) is 0 Å². The van der Waals surface area contributed by atoms with E-state index < -0.39 is 0 Å². The molecule has 5 heteroatoms. The number of hydrogen-bond donors (Lipinski definition) is 0. The van der Waals surface area contributed by atoms with Gasteiger partial charge >= 0.3 is 0 Å². The van der Waals surface area contributed by atoms with Gasteiger partial charge in [-0.3, -0.25) is 9.48 Å². The highest BCUT2D eigenvalue weighted by atomic mass is 16.2. The van der Waals surface area contributed by atoms with Crippen molar-refractivity contribution in [3.05, 3.63) is 41.5 Å². The van der Waals surface area contributed by atoms with Gasteiger partial charge in [-0.25, -0.2) is 0 Å². The van der Waals surface area contributed by atoms with Crippen LogP contribution in [0.1, 0.15) is 48.8 Å². The molecule has 3 heterocycles. The van der Waals surface area contributed by atoms with E-state index in [2.05, 4.69) is 39.9 Å². The van der Waals surface area contributed by atoms with Crippen LogP contribution in [0.3, 0.4) is 0 Å². The zero-order chi connectivity index (χ0) is 16.4. The van der Waals surface area contributed by atoms with Crippen LogP contribution in [-0.2, 0) is 18.4 Å². The standard InChI is InChI=1S/C18H26N4O/c1-14-12-15(2)22(19-14)13-18(23)21-11-6-4-5-8-17(21)16-9-7-10-20(16)3/h7,9-10,12,17H,4-6,8,11,13H2,1-3H3/t17-/m0/s1. The van der Waals surface area contributed by atoms with E-state index in [9.17, 15) is 4.79 Å². The number of carbonyl (C=O) groups excluding carboxylic acids is 1. The summed E-state index contributed by atoms with van der Waals surface area (Å²) in [6.45, 7) is 5.14. The Hall–Kier alpha value is -2.04. The quantitative estimate of drug-likeness (QED) is 0.874. The highest BCUT2D eigenvalue weighted by molar-refractivity contribution is 5.76. The van der Waals surface area contributed by atoms with Gasteiger partial charge in [0.25, 0.3) is 0 Å². The van der Waals surface area contributed by atoms with Crippen molar-refractivity contribution >= 4 is 5.91 Å². The molecule has 124 valence electrons. The van der Waals surface area contributed by atoms with Crippen molar-refractivity contribution in [1.29, 1.82) is 0 Å². The van der Waals surface area contributed by atoms with E-state index in [0.717, 1.165) is 30.8 Å². The lowest BCUT2D eigenvalue weighted by atomic mass is 10.1. The zero-order valence-corrected chi connectivity index (χ0v) is 14.3. The SMILES string of the molecule is Cc1cc(C)n(CC(=O)N2CCCCC[C@H]2c2cccn2C)n1. The molecule has 5 nitrogen and oxygen atoms in total. The lowest BCUT2D eigenvalue weighted by molar-refractivity contribution is -0.134. The Labute approximate surface area is 137 Å². The highest BCUT2D eigenvalue weighted by Crippen LogP contribution is 2.30. The fourth-order valence-corrected chi connectivity index (χ4v) is 3.59. The van der Waals surface area contributed by atoms with Crippen LogP contribution >= 0.6 is 0 Å². The molecular formula is C18H26N4O. The molecule has 1 saturated heterocycles. The first-order valence-electron chi connectivity index (χ1n) is 8.48. The summed E-state index contributed by atoms with van der Waals surface area (Å²) in [5.74, 6) is 0.171. The first-order chi connectivity index (χ1) is 11.1. The minimum absolute atomic E-state index is 0.171. The molecule has 0 radical (unpaired) electrons. The summed E-state index contributed by atoms with van der Waals surface area (Å²) in [5.41, 5.74) is 3.24. The smallest absolute Gasteiger partial charge is 0.244 e. The third-order valence-electron chi connectivity index (χ3n) is 4.79. The van der Waals surface area contributed by atoms with Gasteiger partial charge in [-0.1, -0.05) is 12.8 Å². The number of aryl methyl sites for hydroxylation is 3. The molecule has 2 aromatic rings. The second-order valence-electron chi connectivity index (χ2n) is 6.58. The topological polar surface area (TPSA) is 43.1 Å². The van der Waals surface area contributed by atoms with Gasteiger partial charge in [-0.15, -0.1) is 0 Å². The summed E-state index contributed by atoms with van der Waals surface area (Å²) in [5, 5.41) is 4.44. The Morgan fingerprint density at radius 2 is 2.13 bits per heavy atom. The van der Waals surface area contributed by atoms with Gasteiger partial charge in [-0.05, 0) is 44.9 Å². The van der Waals surface area contributed by atoms with Crippen molar-refractivity contribution in [2.45, 2.75) is 52.1 Å². The normalized spacial score (nSPS) is 18.9. The van der Waals surface area contributed by atoms with E-state index in [0.29, 0.717) is 6.54 Å². The number of hydrogen-bond acceptors (Lipinski definition) is 2. The molecule has 0 N–H and O–H groups in total. The average molecular weight is 314 g/mol. The van der Waals surface area contributed by atoms with E-state index >= 15 is 0 Å². The van der Waals surface area contributed by atoms with Gasteiger partial charge in [0.05, 0.1) is 11.7 Å². The van der Waals surface area contributed by atoms with Crippen LogP contribution in [0.2, 0.25) is 0 Å². The summed E-state index contributed by atoms with van der Waals surface area (Å²) in [4.78, 5) is 15.0. The van der Waals surface area contributed by atoms with Crippen LogP contribution in [0.5, 0.6) is 0 Å². The second kappa shape index (κ2) is 6.60. The van der Waals surface area contributed by atoms with Crippen LogP contribution in [0, 0.1) is 13.8 Å². The van der Waals surface area contributed by atoms with Gasteiger partial charge in [0, 0.05) is 31.2 Å². The molecule has 23 heavy (non-hydrogen) atoms. The predicted octanol–water partition coefficient (Wildman–Crippen LogP) is 2.98. The van der Waals surface area contributed by atoms with Gasteiger partial charge in [0.15, 0.2) is 0 Å². The molecule has 0 unspecified atom stereocenters. The largest absolute Gasteiger partial charge is 0.353 e. The third-order valence-corrected chi connectivity index (χ3v) is 4.79. The van der Waals surface area contributed by atoms with Crippen LogP contribution in [0.15, 0.2) is 24.4 Å². The van der Waals surface area contributed by atoms with Crippen LogP contribution in [0.4, 0.5) is 0 Å². The number of aromatic nitrogens is 3. The van der Waals surface area contributed by atoms with Crippen molar-refractivity contribution < 1.29 is 4.79 Å². The number of amides is 1. The Bertz CT molecular complexity index is 685. The summed E-state index contributed by atoms with van der Waals surface area (Å²) < 4.78 is 3.96. The molecule has 2 aromatic heterocycles. The molecule has 0 bridgehead atoms. The molecule has 0 aliphatic carbocycles. The molecule has 1 aliphatic rings. The fourth-order valence-electron chi connectivity index (χ4n) is 3.59. The summed E-state index contributed by atoms with van der Waals surface area (Å²) >= 11 is 0. The van der Waals surface area contributed by atoms with Gasteiger partial charge in [0.1, 0.15) is 6.54 Å². The number of carbonyl (C=O) groups is 1. The second-order valence-corrected chi connectivity index (χ2v) is 6.58. The molecule has 3 rings (SSSR count). The molecule has 1 fully saturated rings. The molecule has 1 amide bonds. The van der Waals surface area contributed by atoms with E-state index in [1.165, 1.54) is 18.5 Å². The van der Waals surface area contributed by atoms with E-state index in [1.807, 2.05) is 24.6 Å². The van der Waals surface area contributed by atoms with Crippen LogP contribution < -0.4 is 0 Å². The van der Waals surface area contributed by atoms with Crippen molar-refractivity contribution in [3.8, 4) is 0 Å². The number of rotatable bonds is 3. The Morgan fingerprint density at radius 3 is 2.78 bits per heavy atom. The maximum Gasteiger partial charge on any atom is 0.244 e. The number of likely N-dealkylation sites (tertiary alicyclic amines) is 1. The van der Waals surface area contributed by atoms with E-state index in [4.69, 9.17) is 0 Å². The zero-order valence-electron chi connectivity index (χ0n) is 14.3. The Balaban J connectivity index is 1.83. The van der Waals surface area contributed by atoms with Crippen molar-refractivity contribution in [2.24, 2.45) is 7.05 Å². The first kappa shape index (κ1) is 15.8. The van der Waals surface area contributed by atoms with Crippen LogP contribution in [-0.4, -0.2) is 31.7 Å². The van der Waals surface area contributed by atoms with Crippen molar-refractivity contribution in [1.82, 2.24) is 19.2 Å². The lowest BCUT2D eigenvalue weighted by Crippen LogP contribution is -2.38. The predicted molar refractivity (Wildman–Crippen MR) is 90.0 cm³/mol. The summed E-state index contributed by atoms with van der Waals surface area (Å²) in [7, 11) is 2.06. The van der Waals surface area contributed by atoms with Crippen molar-refractivity contribution in [2.75, 3.05) is 6.54 Å². The summed E-state index contributed by atoms with van der Waals surface area (Å²) in [6.07, 6.45) is 6.57. The van der Waals surface area contributed by atoms with E-state index in [-0.39, 0.29) is 11.9 Å². The first-order valence-corrected chi connectivity index (χ1v) is 8.48. The molecule has 0 saturated carbocycles. The monoisotopic (exact) mass is 314 g/mol. The highest BCUT2D eigenvalue weighted by Gasteiger charge is 2.28. The molecular weight excluding hydrogens is 288 g/mol. The Morgan fingerprint density at radius 1 is 1.30 bits per heavy atom. The minimum Gasteiger partial charge on any atom is -0.353 e.